The van der Waals surface area contributed by atoms with E-state index in [1.54, 1.807) is 24.2 Å². The van der Waals surface area contributed by atoms with Crippen molar-refractivity contribution in [3.05, 3.63) is 69.5 Å². The lowest BCUT2D eigenvalue weighted by molar-refractivity contribution is -0.128. The number of fused-ring (bicyclic) bond motifs is 1. The van der Waals surface area contributed by atoms with Gasteiger partial charge in [-0.1, -0.05) is 24.8 Å². The number of rotatable bonds is 7. The standard InChI is InChI=1S/C21H26N2O3/c1-6-7-15(3)21(25)23(8-9-26-5)13-17-12-18-16(4)10-14(2)11-19(18)22-20(17)24/h6-7,10-12H,3,8-9,13H2,1-2,4-5H3,(H,22,24). The van der Waals surface area contributed by atoms with E-state index in [1.165, 1.54) is 0 Å². The van der Waals surface area contributed by atoms with Gasteiger partial charge in [0.1, 0.15) is 0 Å². The van der Waals surface area contributed by atoms with Crippen molar-refractivity contribution in [1.82, 2.24) is 9.88 Å². The van der Waals surface area contributed by atoms with Crippen molar-refractivity contribution < 1.29 is 9.53 Å². The maximum absolute atomic E-state index is 12.6. The fraction of sp³-hybridized carbons (Fsp3) is 0.333. The number of carbonyl (C=O) groups excluding carboxylic acids is 1. The minimum atomic E-state index is -0.208. The number of methoxy groups -OCH3 is 1. The van der Waals surface area contributed by atoms with Crippen molar-refractivity contribution in [1.29, 1.82) is 0 Å². The van der Waals surface area contributed by atoms with Gasteiger partial charge in [0.2, 0.25) is 0 Å². The number of hydrogen-bond donors (Lipinski definition) is 1. The van der Waals surface area contributed by atoms with Crippen LogP contribution in [0.5, 0.6) is 0 Å². The van der Waals surface area contributed by atoms with Gasteiger partial charge in [-0.2, -0.15) is 0 Å². The highest BCUT2D eigenvalue weighted by Crippen LogP contribution is 2.19. The Balaban J connectivity index is 2.41. The van der Waals surface area contributed by atoms with Crippen molar-refractivity contribution in [3.63, 3.8) is 0 Å². The first-order valence-corrected chi connectivity index (χ1v) is 8.60. The summed E-state index contributed by atoms with van der Waals surface area (Å²) in [6, 6.07) is 5.90. The third kappa shape index (κ3) is 4.49. The van der Waals surface area contributed by atoms with E-state index in [4.69, 9.17) is 4.74 Å². The lowest BCUT2D eigenvalue weighted by atomic mass is 10.0. The first-order valence-electron chi connectivity index (χ1n) is 8.60. The van der Waals surface area contributed by atoms with E-state index in [0.29, 0.717) is 24.3 Å². The van der Waals surface area contributed by atoms with Crippen molar-refractivity contribution in [2.24, 2.45) is 0 Å². The molecule has 0 atom stereocenters. The summed E-state index contributed by atoms with van der Waals surface area (Å²) >= 11 is 0. The zero-order valence-electron chi connectivity index (χ0n) is 15.9. The molecule has 0 unspecified atom stereocenters. The van der Waals surface area contributed by atoms with Gasteiger partial charge in [0, 0.05) is 35.7 Å². The number of nitrogens with one attached hydrogen (secondary N) is 1. The first-order chi connectivity index (χ1) is 12.4. The number of pyridine rings is 1. The highest BCUT2D eigenvalue weighted by Gasteiger charge is 2.17. The molecular weight excluding hydrogens is 328 g/mol. The number of amides is 1. The molecule has 0 spiro atoms. The Morgan fingerprint density at radius 2 is 2.04 bits per heavy atom. The number of aromatic amines is 1. The number of ether oxygens (including phenoxy) is 1. The molecule has 0 bridgehead atoms. The number of carbonyl (C=O) groups is 1. The number of aromatic nitrogens is 1. The average molecular weight is 354 g/mol. The zero-order chi connectivity index (χ0) is 19.3. The second kappa shape index (κ2) is 8.63. The van der Waals surface area contributed by atoms with E-state index in [0.717, 1.165) is 22.0 Å². The molecule has 2 rings (SSSR count). The second-order valence-corrected chi connectivity index (χ2v) is 6.41. The molecule has 0 saturated carbocycles. The third-order valence-corrected chi connectivity index (χ3v) is 4.25. The van der Waals surface area contributed by atoms with Crippen LogP contribution in [0.3, 0.4) is 0 Å². The van der Waals surface area contributed by atoms with Gasteiger partial charge < -0.3 is 14.6 Å². The Kier molecular flexibility index (Phi) is 6.52. The molecule has 0 aliphatic heterocycles. The minimum absolute atomic E-state index is 0.186. The summed E-state index contributed by atoms with van der Waals surface area (Å²) in [6.45, 7) is 10.6. The van der Waals surface area contributed by atoms with Crippen LogP contribution in [0.1, 0.15) is 23.6 Å². The predicted molar refractivity (Wildman–Crippen MR) is 105 cm³/mol. The molecule has 0 aliphatic rings. The fourth-order valence-corrected chi connectivity index (χ4v) is 2.97. The summed E-state index contributed by atoms with van der Waals surface area (Å²) in [5.41, 5.74) is 3.73. The average Bonchev–Trinajstić information content (AvgIpc) is 2.58. The van der Waals surface area contributed by atoms with Gasteiger partial charge in [0.05, 0.1) is 13.2 Å². The molecule has 1 aromatic heterocycles. The van der Waals surface area contributed by atoms with Crippen molar-refractivity contribution in [2.75, 3.05) is 20.3 Å². The molecule has 26 heavy (non-hydrogen) atoms. The molecule has 0 aliphatic carbocycles. The summed E-state index contributed by atoms with van der Waals surface area (Å²) < 4.78 is 5.11. The molecule has 0 fully saturated rings. The maximum atomic E-state index is 12.6. The number of allylic oxidation sites excluding steroid dienone is 1. The van der Waals surface area contributed by atoms with Gasteiger partial charge in [0.15, 0.2) is 0 Å². The Bertz CT molecular complexity index is 909. The molecule has 2 aromatic rings. The van der Waals surface area contributed by atoms with Gasteiger partial charge in [0.25, 0.3) is 11.5 Å². The summed E-state index contributed by atoms with van der Waals surface area (Å²) in [5, 5.41) is 0.983. The van der Waals surface area contributed by atoms with E-state index in [2.05, 4.69) is 17.6 Å². The highest BCUT2D eigenvalue weighted by atomic mass is 16.5. The largest absolute Gasteiger partial charge is 0.383 e. The van der Waals surface area contributed by atoms with Crippen LogP contribution < -0.4 is 5.56 Å². The Morgan fingerprint density at radius 3 is 2.69 bits per heavy atom. The molecule has 1 aromatic carbocycles. The van der Waals surface area contributed by atoms with Crippen LogP contribution >= 0.6 is 0 Å². The van der Waals surface area contributed by atoms with E-state index in [9.17, 15) is 9.59 Å². The second-order valence-electron chi connectivity index (χ2n) is 6.41. The number of H-pyrrole nitrogens is 1. The molecule has 1 heterocycles. The van der Waals surface area contributed by atoms with Crippen LogP contribution in [0.2, 0.25) is 0 Å². The predicted octanol–water partition coefficient (Wildman–Crippen LogP) is 3.25. The summed E-state index contributed by atoms with van der Waals surface area (Å²) in [6.07, 6.45) is 3.43. The van der Waals surface area contributed by atoms with Crippen LogP contribution in [0.25, 0.3) is 10.9 Å². The quantitative estimate of drug-likeness (QED) is 0.613. The number of benzene rings is 1. The SMILES string of the molecule is C=C(C=CC)C(=O)N(CCOC)Cc1cc2c(C)cc(C)cc2[nH]c1=O. The molecular formula is C21H26N2O3. The third-order valence-electron chi connectivity index (χ3n) is 4.25. The van der Waals surface area contributed by atoms with Gasteiger partial charge in [-0.25, -0.2) is 0 Å². The van der Waals surface area contributed by atoms with Gasteiger partial charge in [-0.3, -0.25) is 9.59 Å². The monoisotopic (exact) mass is 354 g/mol. The molecule has 1 N–H and O–H groups in total. The first kappa shape index (κ1) is 19.7. The van der Waals surface area contributed by atoms with E-state index in [1.807, 2.05) is 32.9 Å². The Labute approximate surface area is 154 Å². The van der Waals surface area contributed by atoms with E-state index < -0.39 is 0 Å². The summed E-state index contributed by atoms with van der Waals surface area (Å²) in [5.74, 6) is -0.208. The number of aryl methyl sites for hydroxylation is 2. The van der Waals surface area contributed by atoms with E-state index >= 15 is 0 Å². The van der Waals surface area contributed by atoms with Crippen molar-refractivity contribution >= 4 is 16.8 Å². The topological polar surface area (TPSA) is 62.4 Å². The van der Waals surface area contributed by atoms with Crippen LogP contribution in [-0.2, 0) is 16.1 Å². The summed E-state index contributed by atoms with van der Waals surface area (Å²) in [4.78, 5) is 29.7. The van der Waals surface area contributed by atoms with E-state index in [-0.39, 0.29) is 18.0 Å². The molecule has 1 amide bonds. The molecule has 5 nitrogen and oxygen atoms in total. The normalized spacial score (nSPS) is 11.2. The highest BCUT2D eigenvalue weighted by molar-refractivity contribution is 5.95. The van der Waals surface area contributed by atoms with Crippen LogP contribution in [0, 0.1) is 13.8 Å². The molecule has 0 radical (unpaired) electrons. The van der Waals surface area contributed by atoms with Crippen molar-refractivity contribution in [3.8, 4) is 0 Å². The smallest absolute Gasteiger partial charge is 0.253 e. The van der Waals surface area contributed by atoms with Crippen LogP contribution in [-0.4, -0.2) is 36.1 Å². The lowest BCUT2D eigenvalue weighted by Gasteiger charge is -2.22. The fourth-order valence-electron chi connectivity index (χ4n) is 2.97. The summed E-state index contributed by atoms with van der Waals surface area (Å²) in [7, 11) is 1.58. The van der Waals surface area contributed by atoms with Gasteiger partial charge in [-0.05, 0) is 44.0 Å². The lowest BCUT2D eigenvalue weighted by Crippen LogP contribution is -2.35. The maximum Gasteiger partial charge on any atom is 0.253 e. The van der Waals surface area contributed by atoms with Gasteiger partial charge >= 0.3 is 0 Å². The zero-order valence-corrected chi connectivity index (χ0v) is 15.9. The minimum Gasteiger partial charge on any atom is -0.383 e. The Morgan fingerprint density at radius 1 is 1.31 bits per heavy atom. The number of nitrogens with zero attached hydrogens (tertiary/aromatic N) is 1. The Hall–Kier alpha value is -2.66. The van der Waals surface area contributed by atoms with Crippen molar-refractivity contribution in [2.45, 2.75) is 27.3 Å². The number of hydrogen-bond acceptors (Lipinski definition) is 3. The van der Waals surface area contributed by atoms with Gasteiger partial charge in [-0.15, -0.1) is 0 Å². The molecule has 5 heteroatoms. The van der Waals surface area contributed by atoms with Crippen LogP contribution in [0.15, 0.2) is 47.3 Å². The molecule has 0 saturated heterocycles. The van der Waals surface area contributed by atoms with Crippen LogP contribution in [0.4, 0.5) is 0 Å². The molecule has 138 valence electrons.